The molecule has 0 aliphatic rings. The van der Waals surface area contributed by atoms with Crippen molar-refractivity contribution in [3.8, 4) is 0 Å². The number of hydrogen-bond donors (Lipinski definition) is 1. The number of hydrogen-bond acceptors (Lipinski definition) is 5. The molecule has 1 aromatic heterocycles. The minimum absolute atomic E-state index is 0.136. The van der Waals surface area contributed by atoms with Crippen LogP contribution in [0.2, 0.25) is 0 Å². The van der Waals surface area contributed by atoms with E-state index >= 15 is 0 Å². The lowest BCUT2D eigenvalue weighted by Crippen LogP contribution is -2.08. The van der Waals surface area contributed by atoms with Crippen LogP contribution in [0.25, 0.3) is 0 Å². The van der Waals surface area contributed by atoms with E-state index in [1.54, 1.807) is 6.92 Å². The van der Waals surface area contributed by atoms with Crippen LogP contribution in [-0.4, -0.2) is 17.6 Å². The summed E-state index contributed by atoms with van der Waals surface area (Å²) >= 11 is 1.47. The third kappa shape index (κ3) is 3.36. The topological polar surface area (TPSA) is 51.2 Å². The van der Waals surface area contributed by atoms with Crippen LogP contribution in [0.5, 0.6) is 0 Å². The van der Waals surface area contributed by atoms with Gasteiger partial charge in [0.2, 0.25) is 0 Å². The summed E-state index contributed by atoms with van der Waals surface area (Å²) in [5.41, 5.74) is 1.58. The predicted octanol–water partition coefficient (Wildman–Crippen LogP) is 3.80. The molecule has 0 fully saturated rings. The second kappa shape index (κ2) is 6.52. The monoisotopic (exact) mass is 290 g/mol. The third-order valence-corrected chi connectivity index (χ3v) is 3.81. The molecule has 1 heterocycles. The Morgan fingerprint density at radius 1 is 1.40 bits per heavy atom. The first-order chi connectivity index (χ1) is 9.61. The molecule has 1 N–H and O–H groups in total. The number of anilines is 1. The molecule has 4 nitrogen and oxygen atoms in total. The molecule has 1 unspecified atom stereocenters. The number of ether oxygens (including phenoxy) is 1. The summed E-state index contributed by atoms with van der Waals surface area (Å²) in [6.45, 7) is 6.09. The number of aromatic nitrogens is 1. The van der Waals surface area contributed by atoms with Crippen LogP contribution < -0.4 is 5.32 Å². The lowest BCUT2D eigenvalue weighted by molar-refractivity contribution is 0.0519. The van der Waals surface area contributed by atoms with E-state index in [4.69, 9.17) is 4.74 Å². The number of nitrogens with zero attached hydrogens (tertiary/aromatic N) is 1. The molecule has 0 saturated heterocycles. The van der Waals surface area contributed by atoms with E-state index in [2.05, 4.69) is 29.4 Å². The minimum Gasteiger partial charge on any atom is -0.461 e. The number of benzene rings is 1. The number of carbonyl (C=O) groups is 1. The molecule has 0 radical (unpaired) electrons. The van der Waals surface area contributed by atoms with Crippen molar-refractivity contribution in [2.45, 2.75) is 26.8 Å². The van der Waals surface area contributed by atoms with Crippen LogP contribution >= 0.6 is 11.3 Å². The van der Waals surface area contributed by atoms with Crippen molar-refractivity contribution in [2.24, 2.45) is 0 Å². The van der Waals surface area contributed by atoms with Crippen molar-refractivity contribution in [1.29, 1.82) is 0 Å². The smallest absolute Gasteiger partial charge is 0.358 e. The number of rotatable bonds is 5. The van der Waals surface area contributed by atoms with Crippen molar-refractivity contribution in [3.63, 3.8) is 0 Å². The molecule has 0 spiro atoms. The van der Waals surface area contributed by atoms with E-state index in [0.717, 1.165) is 10.0 Å². The number of aryl methyl sites for hydroxylation is 1. The molecule has 2 aromatic rings. The lowest BCUT2D eigenvalue weighted by atomic mass is 10.1. The van der Waals surface area contributed by atoms with Gasteiger partial charge >= 0.3 is 5.97 Å². The first-order valence-corrected chi connectivity index (χ1v) is 7.39. The Balaban J connectivity index is 2.11. The molecule has 1 aromatic carbocycles. The van der Waals surface area contributed by atoms with Gasteiger partial charge in [-0.1, -0.05) is 30.3 Å². The summed E-state index contributed by atoms with van der Waals surface area (Å²) in [5.74, 6) is -0.360. The van der Waals surface area contributed by atoms with Crippen molar-refractivity contribution >= 4 is 22.4 Å². The Kier molecular flexibility index (Phi) is 4.74. The van der Waals surface area contributed by atoms with Crippen molar-refractivity contribution in [2.75, 3.05) is 11.9 Å². The van der Waals surface area contributed by atoms with Gasteiger partial charge in [0, 0.05) is 4.88 Å². The van der Waals surface area contributed by atoms with Crippen LogP contribution in [0.4, 0.5) is 5.13 Å². The second-order valence-corrected chi connectivity index (χ2v) is 5.62. The quantitative estimate of drug-likeness (QED) is 0.851. The first kappa shape index (κ1) is 14.5. The zero-order chi connectivity index (χ0) is 14.5. The molecular weight excluding hydrogens is 272 g/mol. The largest absolute Gasteiger partial charge is 0.461 e. The van der Waals surface area contributed by atoms with E-state index in [-0.39, 0.29) is 12.0 Å². The summed E-state index contributed by atoms with van der Waals surface area (Å²) in [4.78, 5) is 16.9. The van der Waals surface area contributed by atoms with Gasteiger partial charge in [-0.15, -0.1) is 11.3 Å². The van der Waals surface area contributed by atoms with Crippen LogP contribution in [-0.2, 0) is 4.74 Å². The number of thiazole rings is 1. The maximum absolute atomic E-state index is 11.7. The lowest BCUT2D eigenvalue weighted by Gasteiger charge is -2.12. The van der Waals surface area contributed by atoms with Gasteiger partial charge in [0.1, 0.15) is 0 Å². The molecule has 0 aliphatic heterocycles. The highest BCUT2D eigenvalue weighted by Gasteiger charge is 2.17. The van der Waals surface area contributed by atoms with Crippen molar-refractivity contribution in [1.82, 2.24) is 4.98 Å². The number of esters is 1. The van der Waals surface area contributed by atoms with Crippen LogP contribution in [0.3, 0.4) is 0 Å². The summed E-state index contributed by atoms with van der Waals surface area (Å²) < 4.78 is 4.99. The Bertz CT molecular complexity index is 581. The molecule has 5 heteroatoms. The van der Waals surface area contributed by atoms with E-state index in [1.807, 2.05) is 25.1 Å². The van der Waals surface area contributed by atoms with Crippen LogP contribution in [0.15, 0.2) is 30.3 Å². The maximum Gasteiger partial charge on any atom is 0.358 e. The summed E-state index contributed by atoms with van der Waals surface area (Å²) in [6, 6.07) is 10.3. The summed E-state index contributed by atoms with van der Waals surface area (Å²) in [7, 11) is 0. The van der Waals surface area contributed by atoms with Crippen LogP contribution in [0, 0.1) is 6.92 Å². The Hall–Kier alpha value is -1.88. The van der Waals surface area contributed by atoms with E-state index in [9.17, 15) is 4.79 Å². The summed E-state index contributed by atoms with van der Waals surface area (Å²) in [6.07, 6.45) is 0. The Morgan fingerprint density at radius 2 is 2.10 bits per heavy atom. The van der Waals surface area contributed by atoms with Gasteiger partial charge in [0.15, 0.2) is 10.8 Å². The van der Waals surface area contributed by atoms with E-state index < -0.39 is 0 Å². The SMILES string of the molecule is CCOC(=O)c1nc(NC(C)c2ccccc2)sc1C. The van der Waals surface area contributed by atoms with Gasteiger partial charge < -0.3 is 10.1 Å². The van der Waals surface area contributed by atoms with E-state index in [1.165, 1.54) is 16.9 Å². The van der Waals surface area contributed by atoms with Crippen molar-refractivity contribution < 1.29 is 9.53 Å². The van der Waals surface area contributed by atoms with Gasteiger partial charge in [0.25, 0.3) is 0 Å². The van der Waals surface area contributed by atoms with Gasteiger partial charge in [-0.05, 0) is 26.3 Å². The standard InChI is InChI=1S/C15H18N2O2S/c1-4-19-14(18)13-11(3)20-15(17-13)16-10(2)12-8-6-5-7-9-12/h5-10H,4H2,1-3H3,(H,16,17). The highest BCUT2D eigenvalue weighted by atomic mass is 32.1. The molecule has 20 heavy (non-hydrogen) atoms. The average molecular weight is 290 g/mol. The molecule has 1 atom stereocenters. The Labute approximate surface area is 122 Å². The highest BCUT2D eigenvalue weighted by Crippen LogP contribution is 2.26. The maximum atomic E-state index is 11.7. The second-order valence-electron chi connectivity index (χ2n) is 4.42. The number of carbonyl (C=O) groups excluding carboxylic acids is 1. The zero-order valence-corrected chi connectivity index (χ0v) is 12.7. The average Bonchev–Trinajstić information content (AvgIpc) is 2.81. The zero-order valence-electron chi connectivity index (χ0n) is 11.8. The van der Waals surface area contributed by atoms with Gasteiger partial charge in [-0.3, -0.25) is 0 Å². The molecule has 0 aliphatic carbocycles. The molecular formula is C15H18N2O2S. The van der Waals surface area contributed by atoms with Gasteiger partial charge in [-0.2, -0.15) is 0 Å². The molecule has 2 rings (SSSR count). The first-order valence-electron chi connectivity index (χ1n) is 6.57. The highest BCUT2D eigenvalue weighted by molar-refractivity contribution is 7.15. The van der Waals surface area contributed by atoms with Gasteiger partial charge in [-0.25, -0.2) is 9.78 Å². The van der Waals surface area contributed by atoms with Crippen LogP contribution in [0.1, 0.15) is 40.8 Å². The van der Waals surface area contributed by atoms with Crippen molar-refractivity contribution in [3.05, 3.63) is 46.5 Å². The molecule has 0 bridgehead atoms. The predicted molar refractivity (Wildman–Crippen MR) is 81.3 cm³/mol. The summed E-state index contributed by atoms with van der Waals surface area (Å²) in [5, 5.41) is 4.05. The number of nitrogens with one attached hydrogen (secondary N) is 1. The fraction of sp³-hybridized carbons (Fsp3) is 0.333. The fourth-order valence-electron chi connectivity index (χ4n) is 1.86. The van der Waals surface area contributed by atoms with Gasteiger partial charge in [0.05, 0.1) is 12.6 Å². The normalized spacial score (nSPS) is 11.9. The fourth-order valence-corrected chi connectivity index (χ4v) is 2.75. The minimum atomic E-state index is -0.360. The third-order valence-electron chi connectivity index (χ3n) is 2.90. The molecule has 0 saturated carbocycles. The Morgan fingerprint density at radius 3 is 2.75 bits per heavy atom. The molecule has 0 amide bonds. The van der Waals surface area contributed by atoms with E-state index in [0.29, 0.717) is 12.3 Å². The molecule has 106 valence electrons.